The fraction of sp³-hybridized carbons (Fsp3) is 0.333. The summed E-state index contributed by atoms with van der Waals surface area (Å²) >= 11 is 0. The lowest BCUT2D eigenvalue weighted by Gasteiger charge is -2.15. The quantitative estimate of drug-likeness (QED) is 0.576. The zero-order chi connectivity index (χ0) is 14.5. The molecule has 0 unspecified atom stereocenters. The first kappa shape index (κ1) is 14.3. The average Bonchev–Trinajstić information content (AvgIpc) is 2.47. The van der Waals surface area contributed by atoms with Crippen molar-refractivity contribution in [1.82, 2.24) is 9.97 Å². The molecule has 2 rings (SSSR count). The van der Waals surface area contributed by atoms with Crippen molar-refractivity contribution in [1.29, 1.82) is 0 Å². The Morgan fingerprint density at radius 2 is 1.75 bits per heavy atom. The highest BCUT2D eigenvalue weighted by Crippen LogP contribution is 2.22. The van der Waals surface area contributed by atoms with Crippen LogP contribution in [0, 0.1) is 6.92 Å². The van der Waals surface area contributed by atoms with Crippen LogP contribution in [0.5, 0.6) is 0 Å². The lowest BCUT2D eigenvalue weighted by molar-refractivity contribution is 0.772. The van der Waals surface area contributed by atoms with Crippen LogP contribution in [-0.4, -0.2) is 9.97 Å². The van der Waals surface area contributed by atoms with Gasteiger partial charge < -0.3 is 10.7 Å². The monoisotopic (exact) mass is 271 g/mol. The van der Waals surface area contributed by atoms with Crippen LogP contribution in [0.3, 0.4) is 0 Å². The van der Waals surface area contributed by atoms with E-state index in [-0.39, 0.29) is 5.92 Å². The van der Waals surface area contributed by atoms with Gasteiger partial charge in [-0.1, -0.05) is 44.2 Å². The smallest absolute Gasteiger partial charge is 0.148 e. The second-order valence-electron chi connectivity index (χ2n) is 5.04. The van der Waals surface area contributed by atoms with Crippen molar-refractivity contribution in [2.45, 2.75) is 33.2 Å². The second-order valence-corrected chi connectivity index (χ2v) is 5.04. The van der Waals surface area contributed by atoms with Gasteiger partial charge in [-0.15, -0.1) is 0 Å². The number of hydrogen-bond donors (Lipinski definition) is 3. The van der Waals surface area contributed by atoms with Crippen molar-refractivity contribution in [3.63, 3.8) is 0 Å². The molecule has 0 saturated heterocycles. The van der Waals surface area contributed by atoms with Crippen LogP contribution in [0.4, 0.5) is 11.6 Å². The van der Waals surface area contributed by atoms with Gasteiger partial charge in [0.05, 0.1) is 0 Å². The maximum atomic E-state index is 5.53. The van der Waals surface area contributed by atoms with E-state index in [0.717, 1.165) is 23.8 Å². The minimum Gasteiger partial charge on any atom is -0.366 e. The molecule has 4 N–H and O–H groups in total. The molecule has 1 heterocycles. The summed E-state index contributed by atoms with van der Waals surface area (Å²) in [5, 5.41) is 3.35. The Kier molecular flexibility index (Phi) is 4.53. The van der Waals surface area contributed by atoms with Gasteiger partial charge in [0.25, 0.3) is 0 Å². The molecule has 5 nitrogen and oxygen atoms in total. The minimum absolute atomic E-state index is 0.250. The SMILES string of the molecule is Cc1c(NN)nc(C(C)C)nc1NCc1ccccc1. The summed E-state index contributed by atoms with van der Waals surface area (Å²) in [6.45, 7) is 6.80. The highest BCUT2D eigenvalue weighted by atomic mass is 15.3. The van der Waals surface area contributed by atoms with Crippen molar-refractivity contribution in [3.8, 4) is 0 Å². The first-order chi connectivity index (χ1) is 9.61. The summed E-state index contributed by atoms with van der Waals surface area (Å²) < 4.78 is 0. The van der Waals surface area contributed by atoms with Crippen LogP contribution in [0.15, 0.2) is 30.3 Å². The molecule has 0 fully saturated rings. The molecule has 0 amide bonds. The molecule has 0 atom stereocenters. The van der Waals surface area contributed by atoms with Gasteiger partial charge in [-0.25, -0.2) is 15.8 Å². The van der Waals surface area contributed by atoms with Gasteiger partial charge in [0.15, 0.2) is 0 Å². The molecule has 106 valence electrons. The molecule has 2 aromatic rings. The van der Waals surface area contributed by atoms with Gasteiger partial charge in [0.2, 0.25) is 0 Å². The predicted octanol–water partition coefficient (Wildman–Crippen LogP) is 2.81. The summed E-state index contributed by atoms with van der Waals surface area (Å²) in [6.07, 6.45) is 0. The second kappa shape index (κ2) is 6.34. The summed E-state index contributed by atoms with van der Waals surface area (Å²) in [5.41, 5.74) is 4.77. The van der Waals surface area contributed by atoms with Gasteiger partial charge in [0, 0.05) is 18.0 Å². The maximum Gasteiger partial charge on any atom is 0.148 e. The van der Waals surface area contributed by atoms with E-state index < -0.39 is 0 Å². The van der Waals surface area contributed by atoms with E-state index in [1.54, 1.807) is 0 Å². The van der Waals surface area contributed by atoms with Crippen molar-refractivity contribution in [2.24, 2.45) is 5.84 Å². The predicted molar refractivity (Wildman–Crippen MR) is 82.4 cm³/mol. The number of hydrazine groups is 1. The summed E-state index contributed by atoms with van der Waals surface area (Å²) in [7, 11) is 0. The van der Waals surface area contributed by atoms with Crippen molar-refractivity contribution in [3.05, 3.63) is 47.3 Å². The molecule has 1 aromatic carbocycles. The third kappa shape index (κ3) is 3.24. The van der Waals surface area contributed by atoms with E-state index in [1.807, 2.05) is 25.1 Å². The van der Waals surface area contributed by atoms with E-state index in [1.165, 1.54) is 5.56 Å². The molecule has 0 bridgehead atoms. The van der Waals surface area contributed by atoms with Crippen LogP contribution < -0.4 is 16.6 Å². The number of nitrogens with one attached hydrogen (secondary N) is 2. The minimum atomic E-state index is 0.250. The Morgan fingerprint density at radius 1 is 1.10 bits per heavy atom. The maximum absolute atomic E-state index is 5.53. The molecule has 0 aliphatic heterocycles. The Labute approximate surface area is 119 Å². The Hall–Kier alpha value is -2.14. The standard InChI is InChI=1S/C15H21N5/c1-10(2)13-18-14(11(3)15(19-13)20-16)17-9-12-7-5-4-6-8-12/h4-8,10H,9,16H2,1-3H3,(H2,17,18,19,20). The molecule has 1 aromatic heterocycles. The average molecular weight is 271 g/mol. The molecular weight excluding hydrogens is 250 g/mol. The number of nitrogen functional groups attached to an aromatic ring is 1. The van der Waals surface area contributed by atoms with Gasteiger partial charge in [-0.3, -0.25) is 0 Å². The Morgan fingerprint density at radius 3 is 2.35 bits per heavy atom. The number of nitrogens with two attached hydrogens (primary N) is 1. The van der Waals surface area contributed by atoms with Crippen molar-refractivity contribution in [2.75, 3.05) is 10.7 Å². The van der Waals surface area contributed by atoms with Crippen molar-refractivity contribution >= 4 is 11.6 Å². The van der Waals surface area contributed by atoms with Crippen LogP contribution in [0.2, 0.25) is 0 Å². The van der Waals surface area contributed by atoms with Crippen molar-refractivity contribution < 1.29 is 0 Å². The molecule has 5 heteroatoms. The number of hydrogen-bond acceptors (Lipinski definition) is 5. The van der Waals surface area contributed by atoms with Gasteiger partial charge in [-0.2, -0.15) is 0 Å². The Bertz CT molecular complexity index is 566. The third-order valence-electron chi connectivity index (χ3n) is 3.12. The van der Waals surface area contributed by atoms with Crippen LogP contribution >= 0.6 is 0 Å². The fourth-order valence-electron chi connectivity index (χ4n) is 1.89. The molecule has 0 aliphatic rings. The van der Waals surface area contributed by atoms with E-state index in [4.69, 9.17) is 5.84 Å². The lowest BCUT2D eigenvalue weighted by Crippen LogP contribution is -2.15. The van der Waals surface area contributed by atoms with Gasteiger partial charge in [-0.05, 0) is 12.5 Å². The van der Waals surface area contributed by atoms with Crippen LogP contribution in [0.1, 0.15) is 36.7 Å². The van der Waals surface area contributed by atoms with Crippen LogP contribution in [0.25, 0.3) is 0 Å². The van der Waals surface area contributed by atoms with Gasteiger partial charge >= 0.3 is 0 Å². The molecule has 20 heavy (non-hydrogen) atoms. The number of anilines is 2. The molecule has 0 spiro atoms. The van der Waals surface area contributed by atoms with Crippen LogP contribution in [-0.2, 0) is 6.54 Å². The highest BCUT2D eigenvalue weighted by molar-refractivity contribution is 5.57. The third-order valence-corrected chi connectivity index (χ3v) is 3.12. The van der Waals surface area contributed by atoms with Gasteiger partial charge in [0.1, 0.15) is 17.5 Å². The summed E-state index contributed by atoms with van der Waals surface area (Å²) in [4.78, 5) is 9.00. The number of rotatable bonds is 5. The molecule has 0 radical (unpaired) electrons. The van der Waals surface area contributed by atoms with E-state index >= 15 is 0 Å². The normalized spacial score (nSPS) is 10.7. The summed E-state index contributed by atoms with van der Waals surface area (Å²) in [6, 6.07) is 10.2. The molecule has 0 aliphatic carbocycles. The summed E-state index contributed by atoms with van der Waals surface area (Å²) in [5.74, 6) is 8.04. The number of aromatic nitrogens is 2. The number of nitrogens with zero attached hydrogens (tertiary/aromatic N) is 2. The lowest BCUT2D eigenvalue weighted by atomic mass is 10.2. The zero-order valence-corrected chi connectivity index (χ0v) is 12.1. The van der Waals surface area contributed by atoms with E-state index in [2.05, 4.69) is 46.7 Å². The fourth-order valence-corrected chi connectivity index (χ4v) is 1.89. The topological polar surface area (TPSA) is 75.9 Å². The first-order valence-corrected chi connectivity index (χ1v) is 6.74. The largest absolute Gasteiger partial charge is 0.366 e. The Balaban J connectivity index is 2.24. The van der Waals surface area contributed by atoms with E-state index in [9.17, 15) is 0 Å². The van der Waals surface area contributed by atoms with E-state index in [0.29, 0.717) is 5.82 Å². The highest BCUT2D eigenvalue weighted by Gasteiger charge is 2.12. The molecular formula is C15H21N5. The zero-order valence-electron chi connectivity index (χ0n) is 12.1. The first-order valence-electron chi connectivity index (χ1n) is 6.74. The number of benzene rings is 1. The molecule has 0 saturated carbocycles.